The minimum atomic E-state index is -0.847. The molecule has 0 fully saturated rings. The number of hydrogen-bond donors (Lipinski definition) is 3. The Labute approximate surface area is 436 Å². The third kappa shape index (κ3) is 55.4. The molecule has 0 spiro atoms. The van der Waals surface area contributed by atoms with Crippen LogP contribution in [0, 0.1) is 0 Å². The minimum Gasteiger partial charge on any atom is -0.466 e. The van der Waals surface area contributed by atoms with E-state index in [9.17, 15) is 19.8 Å². The van der Waals surface area contributed by atoms with Gasteiger partial charge in [0.1, 0.15) is 0 Å². The van der Waals surface area contributed by atoms with Gasteiger partial charge < -0.3 is 20.3 Å². The topological polar surface area (TPSA) is 95.9 Å². The number of unbranched alkanes of at least 4 members (excludes halogenated alkanes) is 43. The van der Waals surface area contributed by atoms with Crippen molar-refractivity contribution in [3.8, 4) is 0 Å². The number of aliphatic hydroxyl groups excluding tert-OH is 2. The van der Waals surface area contributed by atoms with Crippen molar-refractivity contribution in [2.75, 3.05) is 13.2 Å². The van der Waals surface area contributed by atoms with Crippen molar-refractivity contribution in [1.82, 2.24) is 5.32 Å². The van der Waals surface area contributed by atoms with Gasteiger partial charge >= 0.3 is 5.97 Å². The van der Waals surface area contributed by atoms with Crippen LogP contribution in [0.5, 0.6) is 0 Å². The van der Waals surface area contributed by atoms with Gasteiger partial charge in [0.25, 0.3) is 0 Å². The number of nitrogens with one attached hydrogen (secondary N) is 1. The molecule has 6 heteroatoms. The van der Waals surface area contributed by atoms with Gasteiger partial charge in [-0.3, -0.25) is 9.59 Å². The van der Waals surface area contributed by atoms with E-state index < -0.39 is 12.1 Å². The van der Waals surface area contributed by atoms with E-state index in [1.165, 1.54) is 263 Å². The normalized spacial score (nSPS) is 12.8. The van der Waals surface area contributed by atoms with Crippen LogP contribution in [0.15, 0.2) is 36.5 Å². The number of rotatable bonds is 58. The molecule has 0 heterocycles. The summed E-state index contributed by atoms with van der Waals surface area (Å²) in [6.07, 6.45) is 74.7. The van der Waals surface area contributed by atoms with Gasteiger partial charge in [-0.1, -0.05) is 275 Å². The summed E-state index contributed by atoms with van der Waals surface area (Å²) >= 11 is 0. The van der Waals surface area contributed by atoms with Crippen molar-refractivity contribution in [2.24, 2.45) is 0 Å². The van der Waals surface area contributed by atoms with E-state index in [1.807, 2.05) is 6.08 Å². The highest BCUT2D eigenvalue weighted by Crippen LogP contribution is 2.17. The van der Waals surface area contributed by atoms with Crippen LogP contribution < -0.4 is 5.32 Å². The van der Waals surface area contributed by atoms with Crippen molar-refractivity contribution >= 4 is 11.9 Å². The van der Waals surface area contributed by atoms with E-state index in [1.54, 1.807) is 6.08 Å². The summed E-state index contributed by atoms with van der Waals surface area (Å²) in [5.41, 5.74) is 0. The largest absolute Gasteiger partial charge is 0.466 e. The number of aliphatic hydroxyl groups is 2. The number of amides is 1. The third-order valence-electron chi connectivity index (χ3n) is 14.4. The van der Waals surface area contributed by atoms with E-state index in [2.05, 4.69) is 43.5 Å². The first-order valence-electron chi connectivity index (χ1n) is 31.3. The Morgan fingerprint density at radius 1 is 0.386 bits per heavy atom. The number of hydrogen-bond acceptors (Lipinski definition) is 5. The first-order valence-corrected chi connectivity index (χ1v) is 31.3. The Hall–Kier alpha value is -1.92. The highest BCUT2D eigenvalue weighted by atomic mass is 16.5. The Morgan fingerprint density at radius 3 is 1.01 bits per heavy atom. The Kier molecular flexibility index (Phi) is 58.0. The van der Waals surface area contributed by atoms with Crippen LogP contribution in [0.25, 0.3) is 0 Å². The van der Waals surface area contributed by atoms with Gasteiger partial charge in [0, 0.05) is 12.8 Å². The highest BCUT2D eigenvalue weighted by Gasteiger charge is 2.18. The van der Waals surface area contributed by atoms with Gasteiger partial charge in [-0.15, -0.1) is 0 Å². The van der Waals surface area contributed by atoms with Crippen molar-refractivity contribution in [1.29, 1.82) is 0 Å². The van der Waals surface area contributed by atoms with E-state index in [0.29, 0.717) is 19.4 Å². The molecular formula is C64H121NO5. The summed E-state index contributed by atoms with van der Waals surface area (Å²) in [5.74, 6) is -0.0681. The van der Waals surface area contributed by atoms with Crippen LogP contribution in [0.2, 0.25) is 0 Å². The fraction of sp³-hybridized carbons (Fsp3) is 0.875. The molecule has 0 rings (SSSR count). The molecular weight excluding hydrogens is 863 g/mol. The molecule has 412 valence electrons. The standard InChI is InChI=1S/C64H121NO5/c1-3-5-7-9-11-13-15-17-29-32-36-40-44-48-52-56-62(67)61(60-66)65-63(68)57-53-49-45-41-37-33-30-27-25-23-21-19-20-22-24-26-28-31-35-39-43-47-51-55-59-70-64(69)58-54-50-46-42-38-34-18-16-14-12-10-8-6-4-2/h16,18,21,23,52,56,61-62,66-67H,3-15,17,19-20,22,24-51,53-55,57-60H2,1-2H3,(H,65,68)/b18-16-,23-21-,56-52+. The molecule has 0 saturated heterocycles. The second-order valence-electron chi connectivity index (χ2n) is 21.4. The summed E-state index contributed by atoms with van der Waals surface area (Å²) in [6, 6.07) is -0.631. The van der Waals surface area contributed by atoms with Gasteiger partial charge in [-0.05, 0) is 83.5 Å². The van der Waals surface area contributed by atoms with E-state index in [0.717, 1.165) is 44.9 Å². The smallest absolute Gasteiger partial charge is 0.305 e. The number of allylic oxidation sites excluding steroid dienone is 5. The third-order valence-corrected chi connectivity index (χ3v) is 14.4. The van der Waals surface area contributed by atoms with Crippen LogP contribution in [0.1, 0.15) is 335 Å². The average Bonchev–Trinajstić information content (AvgIpc) is 3.36. The molecule has 1 amide bonds. The number of ether oxygens (including phenoxy) is 1. The lowest BCUT2D eigenvalue weighted by atomic mass is 10.0. The van der Waals surface area contributed by atoms with Crippen LogP contribution in [-0.2, 0) is 14.3 Å². The average molecular weight is 985 g/mol. The fourth-order valence-corrected chi connectivity index (χ4v) is 9.57. The molecule has 0 aromatic carbocycles. The second-order valence-corrected chi connectivity index (χ2v) is 21.4. The first-order chi connectivity index (χ1) is 34.5. The second kappa shape index (κ2) is 59.6. The summed E-state index contributed by atoms with van der Waals surface area (Å²) < 4.78 is 5.48. The molecule has 0 saturated carbocycles. The van der Waals surface area contributed by atoms with Gasteiger partial charge in [-0.2, -0.15) is 0 Å². The maximum absolute atomic E-state index is 12.5. The molecule has 70 heavy (non-hydrogen) atoms. The van der Waals surface area contributed by atoms with Gasteiger partial charge in [0.2, 0.25) is 5.91 Å². The number of carbonyl (C=O) groups is 2. The summed E-state index contributed by atoms with van der Waals surface area (Å²) in [6.45, 7) is 4.90. The van der Waals surface area contributed by atoms with Crippen LogP contribution in [-0.4, -0.2) is 47.4 Å². The number of esters is 1. The Bertz CT molecular complexity index is 1130. The van der Waals surface area contributed by atoms with E-state index in [4.69, 9.17) is 4.74 Å². The Balaban J connectivity index is 3.43. The zero-order chi connectivity index (χ0) is 50.7. The molecule has 0 bridgehead atoms. The molecule has 3 N–H and O–H groups in total. The monoisotopic (exact) mass is 984 g/mol. The quantitative estimate of drug-likeness (QED) is 0.0321. The maximum Gasteiger partial charge on any atom is 0.305 e. The van der Waals surface area contributed by atoms with Crippen molar-refractivity contribution in [2.45, 2.75) is 347 Å². The van der Waals surface area contributed by atoms with E-state index >= 15 is 0 Å². The van der Waals surface area contributed by atoms with Crippen molar-refractivity contribution in [3.05, 3.63) is 36.5 Å². The molecule has 6 nitrogen and oxygen atoms in total. The van der Waals surface area contributed by atoms with Gasteiger partial charge in [-0.25, -0.2) is 0 Å². The fourth-order valence-electron chi connectivity index (χ4n) is 9.57. The predicted octanol–water partition coefficient (Wildman–Crippen LogP) is 19.6. The van der Waals surface area contributed by atoms with Gasteiger partial charge in [0.15, 0.2) is 0 Å². The van der Waals surface area contributed by atoms with E-state index in [-0.39, 0.29) is 18.5 Å². The zero-order valence-electron chi connectivity index (χ0n) is 47.0. The summed E-state index contributed by atoms with van der Waals surface area (Å²) in [4.78, 5) is 24.5. The van der Waals surface area contributed by atoms with Crippen molar-refractivity contribution in [3.63, 3.8) is 0 Å². The lowest BCUT2D eigenvalue weighted by molar-refractivity contribution is -0.143. The molecule has 0 radical (unpaired) electrons. The summed E-state index contributed by atoms with van der Waals surface area (Å²) in [7, 11) is 0. The molecule has 0 aromatic rings. The van der Waals surface area contributed by atoms with Crippen LogP contribution in [0.3, 0.4) is 0 Å². The molecule has 2 unspecified atom stereocenters. The molecule has 0 aliphatic carbocycles. The lowest BCUT2D eigenvalue weighted by Crippen LogP contribution is -2.45. The minimum absolute atomic E-state index is 0.00345. The number of carbonyl (C=O) groups excluding carboxylic acids is 2. The van der Waals surface area contributed by atoms with Crippen molar-refractivity contribution < 1.29 is 24.5 Å². The zero-order valence-corrected chi connectivity index (χ0v) is 47.0. The molecule has 0 aromatic heterocycles. The molecule has 0 aliphatic rings. The Morgan fingerprint density at radius 2 is 0.671 bits per heavy atom. The SMILES string of the molecule is CCCCCCC/C=C\CCCCCCCC(=O)OCCCCCCCCCCCCCC/C=C\CCCCCCCCCCC(=O)NC(CO)C(O)/C=C/CCCCCCCCCCCCCCC. The van der Waals surface area contributed by atoms with Crippen LogP contribution in [0.4, 0.5) is 0 Å². The van der Waals surface area contributed by atoms with Crippen LogP contribution >= 0.6 is 0 Å². The predicted molar refractivity (Wildman–Crippen MR) is 306 cm³/mol. The summed E-state index contributed by atoms with van der Waals surface area (Å²) in [5, 5.41) is 23.1. The highest BCUT2D eigenvalue weighted by molar-refractivity contribution is 5.76. The maximum atomic E-state index is 12.5. The molecule has 2 atom stereocenters. The lowest BCUT2D eigenvalue weighted by Gasteiger charge is -2.20. The first kappa shape index (κ1) is 68.1. The molecule has 0 aliphatic heterocycles. The van der Waals surface area contributed by atoms with Gasteiger partial charge in [0.05, 0.1) is 25.4 Å².